The maximum atomic E-state index is 13.0. The van der Waals surface area contributed by atoms with E-state index in [0.717, 1.165) is 22.3 Å². The van der Waals surface area contributed by atoms with Crippen LogP contribution in [0.1, 0.15) is 21.5 Å². The van der Waals surface area contributed by atoms with Crippen LogP contribution in [0.25, 0.3) is 11.1 Å². The van der Waals surface area contributed by atoms with Crippen LogP contribution in [-0.2, 0) is 0 Å². The molecule has 86 valence electrons. The van der Waals surface area contributed by atoms with E-state index in [1.165, 1.54) is 12.1 Å². The van der Waals surface area contributed by atoms with E-state index in [4.69, 9.17) is 0 Å². The van der Waals surface area contributed by atoms with Gasteiger partial charge in [0.1, 0.15) is 5.82 Å². The second-order valence-electron chi connectivity index (χ2n) is 4.23. The molecule has 0 aliphatic carbocycles. The van der Waals surface area contributed by atoms with E-state index in [-0.39, 0.29) is 5.82 Å². The fourth-order valence-corrected chi connectivity index (χ4v) is 2.02. The topological polar surface area (TPSA) is 17.1 Å². The van der Waals surface area contributed by atoms with Crippen molar-refractivity contribution in [2.75, 3.05) is 0 Å². The van der Waals surface area contributed by atoms with Crippen LogP contribution in [0.4, 0.5) is 4.39 Å². The summed E-state index contributed by atoms with van der Waals surface area (Å²) in [6, 6.07) is 10.3. The molecular weight excluding hydrogens is 215 g/mol. The molecule has 0 heterocycles. The van der Waals surface area contributed by atoms with Crippen molar-refractivity contribution in [2.45, 2.75) is 13.8 Å². The molecule has 0 fully saturated rings. The van der Waals surface area contributed by atoms with Gasteiger partial charge < -0.3 is 0 Å². The van der Waals surface area contributed by atoms with E-state index in [2.05, 4.69) is 6.07 Å². The minimum absolute atomic E-state index is 0.384. The summed E-state index contributed by atoms with van der Waals surface area (Å²) in [6.07, 6.45) is 0.691. The number of halogens is 1. The third-order valence-electron chi connectivity index (χ3n) is 2.67. The number of rotatable bonds is 2. The smallest absolute Gasteiger partial charge is 0.150 e. The number of hydrogen-bond donors (Lipinski definition) is 0. The normalized spacial score (nSPS) is 10.3. The summed E-state index contributed by atoms with van der Waals surface area (Å²) in [5, 5.41) is 0. The molecule has 0 saturated carbocycles. The Morgan fingerprint density at radius 3 is 2.24 bits per heavy atom. The Morgan fingerprint density at radius 2 is 1.65 bits per heavy atom. The zero-order valence-electron chi connectivity index (χ0n) is 9.83. The first-order chi connectivity index (χ1) is 8.10. The van der Waals surface area contributed by atoms with Crippen molar-refractivity contribution in [3.63, 3.8) is 0 Å². The molecule has 0 spiro atoms. The van der Waals surface area contributed by atoms with Gasteiger partial charge in [-0.15, -0.1) is 0 Å². The van der Waals surface area contributed by atoms with Crippen molar-refractivity contribution in [2.24, 2.45) is 0 Å². The Bertz CT molecular complexity index is 553. The van der Waals surface area contributed by atoms with Gasteiger partial charge in [0.25, 0.3) is 0 Å². The average Bonchev–Trinajstić information content (AvgIpc) is 2.27. The molecule has 17 heavy (non-hydrogen) atoms. The molecule has 2 rings (SSSR count). The molecule has 0 aliphatic rings. The highest BCUT2D eigenvalue weighted by atomic mass is 19.1. The lowest BCUT2D eigenvalue weighted by Gasteiger charge is -2.07. The van der Waals surface area contributed by atoms with Crippen LogP contribution in [-0.4, -0.2) is 6.29 Å². The molecule has 0 aromatic heterocycles. The highest BCUT2D eigenvalue weighted by molar-refractivity contribution is 5.87. The van der Waals surface area contributed by atoms with Crippen molar-refractivity contribution in [3.05, 3.63) is 58.9 Å². The standard InChI is InChI=1S/C15H13FO/c1-10-5-11(2)7-12(6-10)15-4-3-14(16)8-13(15)9-17/h3-9H,1-2H3. The molecule has 2 aromatic carbocycles. The molecule has 0 aliphatic heterocycles. The van der Waals surface area contributed by atoms with Gasteiger partial charge in [-0.05, 0) is 37.1 Å². The third-order valence-corrected chi connectivity index (χ3v) is 2.67. The zero-order chi connectivity index (χ0) is 12.4. The molecule has 0 bridgehead atoms. The average molecular weight is 228 g/mol. The van der Waals surface area contributed by atoms with Crippen LogP contribution in [0, 0.1) is 19.7 Å². The van der Waals surface area contributed by atoms with Crippen molar-refractivity contribution < 1.29 is 9.18 Å². The Hall–Kier alpha value is -1.96. The molecule has 2 aromatic rings. The van der Waals surface area contributed by atoms with Crippen LogP contribution >= 0.6 is 0 Å². The lowest BCUT2D eigenvalue weighted by Crippen LogP contribution is -1.90. The Kier molecular flexibility index (Phi) is 3.05. The van der Waals surface area contributed by atoms with Crippen LogP contribution in [0.3, 0.4) is 0 Å². The molecule has 0 unspecified atom stereocenters. The highest BCUT2D eigenvalue weighted by Crippen LogP contribution is 2.25. The second kappa shape index (κ2) is 4.50. The van der Waals surface area contributed by atoms with E-state index in [1.54, 1.807) is 6.07 Å². The van der Waals surface area contributed by atoms with Crippen LogP contribution in [0.15, 0.2) is 36.4 Å². The molecular formula is C15H13FO. The first-order valence-corrected chi connectivity index (χ1v) is 5.43. The molecule has 0 N–H and O–H groups in total. The van der Waals surface area contributed by atoms with E-state index in [0.29, 0.717) is 11.8 Å². The summed E-state index contributed by atoms with van der Waals surface area (Å²) in [5.74, 6) is -0.389. The zero-order valence-corrected chi connectivity index (χ0v) is 9.83. The van der Waals surface area contributed by atoms with Gasteiger partial charge in [-0.1, -0.05) is 35.4 Å². The largest absolute Gasteiger partial charge is 0.298 e. The summed E-state index contributed by atoms with van der Waals surface area (Å²) < 4.78 is 13.0. The van der Waals surface area contributed by atoms with Gasteiger partial charge in [0.15, 0.2) is 6.29 Å². The summed E-state index contributed by atoms with van der Waals surface area (Å²) in [5.41, 5.74) is 4.36. The third kappa shape index (κ3) is 2.41. The van der Waals surface area contributed by atoms with Crippen LogP contribution in [0.2, 0.25) is 0 Å². The molecule has 0 atom stereocenters. The monoisotopic (exact) mass is 228 g/mol. The van der Waals surface area contributed by atoms with Gasteiger partial charge in [-0.3, -0.25) is 4.79 Å². The lowest BCUT2D eigenvalue weighted by molar-refractivity contribution is 0.112. The molecule has 1 nitrogen and oxygen atoms in total. The number of benzene rings is 2. The second-order valence-corrected chi connectivity index (χ2v) is 4.23. The van der Waals surface area contributed by atoms with Gasteiger partial charge in [-0.25, -0.2) is 4.39 Å². The number of carbonyl (C=O) groups is 1. The van der Waals surface area contributed by atoms with Crippen molar-refractivity contribution in [1.29, 1.82) is 0 Å². The first kappa shape index (κ1) is 11.5. The maximum absolute atomic E-state index is 13.0. The summed E-state index contributed by atoms with van der Waals surface area (Å²) in [7, 11) is 0. The van der Waals surface area contributed by atoms with Crippen molar-refractivity contribution in [3.8, 4) is 11.1 Å². The number of hydrogen-bond acceptors (Lipinski definition) is 1. The predicted molar refractivity (Wildman–Crippen MR) is 66.7 cm³/mol. The minimum atomic E-state index is -0.389. The minimum Gasteiger partial charge on any atom is -0.298 e. The van der Waals surface area contributed by atoms with E-state index >= 15 is 0 Å². The first-order valence-electron chi connectivity index (χ1n) is 5.43. The summed E-state index contributed by atoms with van der Waals surface area (Å²) in [4.78, 5) is 11.0. The van der Waals surface area contributed by atoms with Gasteiger partial charge >= 0.3 is 0 Å². The number of aryl methyl sites for hydroxylation is 2. The van der Waals surface area contributed by atoms with Crippen LogP contribution < -0.4 is 0 Å². The predicted octanol–water partition coefficient (Wildman–Crippen LogP) is 3.92. The fraction of sp³-hybridized carbons (Fsp3) is 0.133. The Morgan fingerprint density at radius 1 is 1.00 bits per heavy atom. The highest BCUT2D eigenvalue weighted by Gasteiger charge is 2.06. The van der Waals surface area contributed by atoms with E-state index in [9.17, 15) is 9.18 Å². The number of carbonyl (C=O) groups excluding carboxylic acids is 1. The quantitative estimate of drug-likeness (QED) is 0.712. The SMILES string of the molecule is Cc1cc(C)cc(-c2ccc(F)cc2C=O)c1. The van der Waals surface area contributed by atoms with Crippen LogP contribution in [0.5, 0.6) is 0 Å². The Labute approximate surface area is 99.9 Å². The fourth-order valence-electron chi connectivity index (χ4n) is 2.02. The van der Waals surface area contributed by atoms with Gasteiger partial charge in [0.2, 0.25) is 0 Å². The molecule has 0 saturated heterocycles. The Balaban J connectivity index is 2.63. The van der Waals surface area contributed by atoms with Crippen molar-refractivity contribution in [1.82, 2.24) is 0 Å². The van der Waals surface area contributed by atoms with E-state index in [1.807, 2.05) is 26.0 Å². The van der Waals surface area contributed by atoms with Gasteiger partial charge in [0, 0.05) is 5.56 Å². The maximum Gasteiger partial charge on any atom is 0.150 e. The van der Waals surface area contributed by atoms with E-state index < -0.39 is 0 Å². The molecule has 0 amide bonds. The van der Waals surface area contributed by atoms with Crippen molar-refractivity contribution >= 4 is 6.29 Å². The van der Waals surface area contributed by atoms with Gasteiger partial charge in [-0.2, -0.15) is 0 Å². The summed E-state index contributed by atoms with van der Waals surface area (Å²) >= 11 is 0. The molecule has 0 radical (unpaired) electrons. The lowest BCUT2D eigenvalue weighted by atomic mass is 9.97. The molecule has 2 heteroatoms. The summed E-state index contributed by atoms with van der Waals surface area (Å²) in [6.45, 7) is 4.00. The van der Waals surface area contributed by atoms with Gasteiger partial charge in [0.05, 0.1) is 0 Å². The number of aldehydes is 1.